The Morgan fingerprint density at radius 1 is 1.00 bits per heavy atom. The summed E-state index contributed by atoms with van der Waals surface area (Å²) in [7, 11) is 0. The average Bonchev–Trinajstić information content (AvgIpc) is 3.73. The van der Waals surface area contributed by atoms with Crippen LogP contribution in [0.4, 0.5) is 5.69 Å². The number of aromatic hydroxyl groups is 1. The monoisotopic (exact) mass is 543 g/mol. The van der Waals surface area contributed by atoms with Gasteiger partial charge in [-0.15, -0.1) is 0 Å². The maximum atomic E-state index is 12.6. The van der Waals surface area contributed by atoms with Gasteiger partial charge >= 0.3 is 0 Å². The van der Waals surface area contributed by atoms with Crippen molar-refractivity contribution in [2.75, 3.05) is 32.7 Å². The first-order valence-corrected chi connectivity index (χ1v) is 14.5. The van der Waals surface area contributed by atoms with E-state index in [0.29, 0.717) is 28.2 Å². The van der Waals surface area contributed by atoms with E-state index in [0.717, 1.165) is 42.0 Å². The number of fused-ring (bicyclic) bond motifs is 1. The molecule has 1 aromatic heterocycles. The Bertz CT molecular complexity index is 1430. The minimum atomic E-state index is -0.495. The van der Waals surface area contributed by atoms with Crippen LogP contribution in [-0.4, -0.2) is 80.8 Å². The van der Waals surface area contributed by atoms with Crippen molar-refractivity contribution in [3.05, 3.63) is 69.8 Å². The van der Waals surface area contributed by atoms with E-state index in [4.69, 9.17) is 4.99 Å². The quantitative estimate of drug-likeness (QED) is 0.253. The number of piperidine rings is 2. The Kier molecular flexibility index (Phi) is 7.42. The Morgan fingerprint density at radius 3 is 2.33 bits per heavy atom. The lowest BCUT2D eigenvalue weighted by atomic mass is 9.96. The van der Waals surface area contributed by atoms with E-state index in [-0.39, 0.29) is 17.6 Å². The molecular formula is C31H37N5O4. The standard InChI is InChI=1S/C31H37N5O4/c1-21(37)35-28-19-26(36(39)40)9-10-27(28)29(31(35)38)30(23-5-3-2-4-6-23)32-24-11-17-34(18-12-24)25-13-15-33(16-14-25)20-22-7-8-22/h2-6,9-10,19,22,24-25,38H,7-8,11-18,20H2,1H3. The lowest BCUT2D eigenvalue weighted by molar-refractivity contribution is -0.384. The molecule has 0 spiro atoms. The van der Waals surface area contributed by atoms with Gasteiger partial charge in [0.25, 0.3) is 5.69 Å². The van der Waals surface area contributed by atoms with Gasteiger partial charge in [-0.25, -0.2) is 4.57 Å². The molecule has 3 fully saturated rings. The second-order valence-corrected chi connectivity index (χ2v) is 11.6. The SMILES string of the molecule is CC(=O)n1c(O)c(C(=NC2CCN(C3CCN(CC4CC4)CC3)CC2)c2ccccc2)c2ccc([N+](=O)[O-])cc21. The summed E-state index contributed by atoms with van der Waals surface area (Å²) < 4.78 is 1.15. The van der Waals surface area contributed by atoms with Gasteiger partial charge in [0.15, 0.2) is 0 Å². The van der Waals surface area contributed by atoms with Gasteiger partial charge in [0.1, 0.15) is 0 Å². The largest absolute Gasteiger partial charge is 0.494 e. The summed E-state index contributed by atoms with van der Waals surface area (Å²) in [5.41, 5.74) is 2.06. The first kappa shape index (κ1) is 26.7. The number of nitrogens with zero attached hydrogens (tertiary/aromatic N) is 5. The fraction of sp³-hybridized carbons (Fsp3) is 0.484. The minimum Gasteiger partial charge on any atom is -0.494 e. The summed E-state index contributed by atoms with van der Waals surface area (Å²) >= 11 is 0. The Morgan fingerprint density at radius 2 is 1.70 bits per heavy atom. The van der Waals surface area contributed by atoms with Crippen LogP contribution in [0.2, 0.25) is 0 Å². The molecule has 2 aromatic carbocycles. The average molecular weight is 544 g/mol. The molecule has 0 amide bonds. The normalized spacial score (nSPS) is 20.3. The van der Waals surface area contributed by atoms with Crippen molar-refractivity contribution in [2.24, 2.45) is 10.9 Å². The number of hydrogen-bond acceptors (Lipinski definition) is 7. The Balaban J connectivity index is 1.27. The lowest BCUT2D eigenvalue weighted by Gasteiger charge is -2.41. The highest BCUT2D eigenvalue weighted by Crippen LogP contribution is 2.36. The van der Waals surface area contributed by atoms with Crippen molar-refractivity contribution in [2.45, 2.75) is 57.5 Å². The molecule has 1 aliphatic carbocycles. The molecule has 0 atom stereocenters. The van der Waals surface area contributed by atoms with Crippen LogP contribution < -0.4 is 0 Å². The third kappa shape index (κ3) is 5.40. The van der Waals surface area contributed by atoms with Crippen molar-refractivity contribution in [1.29, 1.82) is 0 Å². The lowest BCUT2D eigenvalue weighted by Crippen LogP contribution is -2.48. The number of non-ortho nitro benzene ring substituents is 1. The number of rotatable bonds is 7. The number of nitro groups is 1. The third-order valence-electron chi connectivity index (χ3n) is 8.83. The zero-order valence-electron chi connectivity index (χ0n) is 23.0. The predicted molar refractivity (Wildman–Crippen MR) is 155 cm³/mol. The van der Waals surface area contributed by atoms with Crippen molar-refractivity contribution in [3.63, 3.8) is 0 Å². The number of aromatic nitrogens is 1. The van der Waals surface area contributed by atoms with Crippen LogP contribution in [0.1, 0.15) is 61.4 Å². The molecule has 3 aliphatic rings. The van der Waals surface area contributed by atoms with E-state index < -0.39 is 10.8 Å². The zero-order chi connectivity index (χ0) is 27.8. The van der Waals surface area contributed by atoms with Gasteiger partial charge in [0.2, 0.25) is 11.8 Å². The highest BCUT2D eigenvalue weighted by atomic mass is 16.6. The number of carbonyl (C=O) groups is 1. The maximum Gasteiger partial charge on any atom is 0.271 e. The predicted octanol–water partition coefficient (Wildman–Crippen LogP) is 5.09. The van der Waals surface area contributed by atoms with Crippen LogP contribution in [0, 0.1) is 16.0 Å². The van der Waals surface area contributed by atoms with Crippen LogP contribution >= 0.6 is 0 Å². The molecule has 2 saturated heterocycles. The van der Waals surface area contributed by atoms with Crippen LogP contribution in [-0.2, 0) is 0 Å². The molecule has 0 bridgehead atoms. The van der Waals surface area contributed by atoms with Crippen LogP contribution in [0.25, 0.3) is 10.9 Å². The van der Waals surface area contributed by atoms with E-state index in [1.165, 1.54) is 64.4 Å². The van der Waals surface area contributed by atoms with E-state index >= 15 is 0 Å². The number of likely N-dealkylation sites (tertiary alicyclic amines) is 2. The van der Waals surface area contributed by atoms with Crippen molar-refractivity contribution < 1.29 is 14.8 Å². The number of nitro benzene ring substituents is 1. The van der Waals surface area contributed by atoms with E-state index in [2.05, 4.69) is 9.80 Å². The smallest absolute Gasteiger partial charge is 0.271 e. The molecule has 3 aromatic rings. The first-order valence-electron chi connectivity index (χ1n) is 14.5. The molecule has 9 heteroatoms. The molecule has 1 N–H and O–H groups in total. The van der Waals surface area contributed by atoms with Crippen molar-refractivity contribution >= 4 is 28.2 Å². The minimum absolute atomic E-state index is 0.0783. The summed E-state index contributed by atoms with van der Waals surface area (Å²) in [5.74, 6) is 0.294. The second kappa shape index (κ2) is 11.1. The van der Waals surface area contributed by atoms with E-state index in [1.807, 2.05) is 30.3 Å². The first-order chi connectivity index (χ1) is 19.4. The summed E-state index contributed by atoms with van der Waals surface area (Å²) in [5, 5.41) is 23.4. The molecule has 2 aliphatic heterocycles. The zero-order valence-corrected chi connectivity index (χ0v) is 23.0. The van der Waals surface area contributed by atoms with Gasteiger partial charge in [-0.1, -0.05) is 30.3 Å². The van der Waals surface area contributed by atoms with Gasteiger partial charge < -0.3 is 14.9 Å². The summed E-state index contributed by atoms with van der Waals surface area (Å²) in [4.78, 5) is 34.0. The molecule has 40 heavy (non-hydrogen) atoms. The summed E-state index contributed by atoms with van der Waals surface area (Å²) in [6, 6.07) is 14.8. The van der Waals surface area contributed by atoms with Crippen molar-refractivity contribution in [3.8, 4) is 5.88 Å². The third-order valence-corrected chi connectivity index (χ3v) is 8.83. The molecule has 0 unspecified atom stereocenters. The fourth-order valence-corrected chi connectivity index (χ4v) is 6.50. The molecule has 1 saturated carbocycles. The molecule has 9 nitrogen and oxygen atoms in total. The molecule has 210 valence electrons. The molecular weight excluding hydrogens is 506 g/mol. The fourth-order valence-electron chi connectivity index (χ4n) is 6.50. The topological polar surface area (TPSA) is 104 Å². The van der Waals surface area contributed by atoms with Crippen LogP contribution in [0.5, 0.6) is 5.88 Å². The number of hydrogen-bond donors (Lipinski definition) is 1. The molecule has 6 rings (SSSR count). The number of aliphatic imine (C=N–C) groups is 1. The van der Waals surface area contributed by atoms with Crippen LogP contribution in [0.15, 0.2) is 53.5 Å². The maximum absolute atomic E-state index is 12.6. The highest BCUT2D eigenvalue weighted by Gasteiger charge is 2.32. The molecule has 0 radical (unpaired) electrons. The Hall–Kier alpha value is -3.56. The van der Waals surface area contributed by atoms with Gasteiger partial charge in [-0.2, -0.15) is 0 Å². The van der Waals surface area contributed by atoms with Gasteiger partial charge in [0, 0.05) is 55.7 Å². The summed E-state index contributed by atoms with van der Waals surface area (Å²) in [6.07, 6.45) is 7.14. The second-order valence-electron chi connectivity index (χ2n) is 11.6. The van der Waals surface area contributed by atoms with Gasteiger partial charge in [-0.05, 0) is 63.6 Å². The van der Waals surface area contributed by atoms with Gasteiger partial charge in [0.05, 0.1) is 27.8 Å². The van der Waals surface area contributed by atoms with Crippen LogP contribution in [0.3, 0.4) is 0 Å². The summed E-state index contributed by atoms with van der Waals surface area (Å²) in [6.45, 7) is 7.02. The van der Waals surface area contributed by atoms with Gasteiger partial charge in [-0.3, -0.25) is 19.9 Å². The Labute approximate surface area is 234 Å². The highest BCUT2D eigenvalue weighted by molar-refractivity contribution is 6.22. The number of benzene rings is 2. The molecule has 3 heterocycles. The van der Waals surface area contributed by atoms with E-state index in [1.54, 1.807) is 6.07 Å². The number of carbonyl (C=O) groups excluding carboxylic acids is 1. The van der Waals surface area contributed by atoms with Crippen molar-refractivity contribution in [1.82, 2.24) is 14.4 Å². The van der Waals surface area contributed by atoms with E-state index in [9.17, 15) is 20.0 Å².